The van der Waals surface area contributed by atoms with E-state index in [2.05, 4.69) is 54.4 Å². The average molecular weight is 293 g/mol. The summed E-state index contributed by atoms with van der Waals surface area (Å²) in [6.07, 6.45) is 2.48. The number of benzene rings is 2. The quantitative estimate of drug-likeness (QED) is 0.652. The Hall–Kier alpha value is -2.29. The second-order valence-corrected chi connectivity index (χ2v) is 5.91. The first-order chi connectivity index (χ1) is 10.7. The van der Waals surface area contributed by atoms with Crippen LogP contribution in [0.5, 0.6) is 0 Å². The number of aliphatic imine (C=N–C) groups is 1. The zero-order chi connectivity index (χ0) is 15.4. The molecule has 3 rings (SSSR count). The number of aryl methyl sites for hydroxylation is 2. The van der Waals surface area contributed by atoms with Crippen LogP contribution < -0.4 is 5.32 Å². The van der Waals surface area contributed by atoms with E-state index in [-0.39, 0.29) is 0 Å². The first-order valence-corrected chi connectivity index (χ1v) is 7.95. The smallest absolute Gasteiger partial charge is 0.203 e. The van der Waals surface area contributed by atoms with Crippen LogP contribution in [0.2, 0.25) is 0 Å². The van der Waals surface area contributed by atoms with Gasteiger partial charge in [-0.25, -0.2) is 4.99 Å². The van der Waals surface area contributed by atoms with Gasteiger partial charge in [0.2, 0.25) is 5.96 Å². The molecule has 0 aliphatic carbocycles. The van der Waals surface area contributed by atoms with Crippen LogP contribution >= 0.6 is 0 Å². The minimum Gasteiger partial charge on any atom is -0.342 e. The Labute approximate surface area is 132 Å². The van der Waals surface area contributed by atoms with Crippen LogP contribution in [0.3, 0.4) is 0 Å². The van der Waals surface area contributed by atoms with Crippen LogP contribution in [0.15, 0.2) is 53.5 Å². The summed E-state index contributed by atoms with van der Waals surface area (Å²) in [7, 11) is 0. The van der Waals surface area contributed by atoms with Gasteiger partial charge in [0.15, 0.2) is 0 Å². The molecule has 1 N–H and O–H groups in total. The Morgan fingerprint density at radius 2 is 1.73 bits per heavy atom. The molecule has 3 heteroatoms. The largest absolute Gasteiger partial charge is 0.342 e. The molecule has 0 spiro atoms. The van der Waals surface area contributed by atoms with E-state index in [0.29, 0.717) is 0 Å². The SMILES string of the molecule is Cc1ccc(N=C(Nc2ccccc2)N2CCCC2)c(C)c1. The highest BCUT2D eigenvalue weighted by atomic mass is 15.3. The molecule has 0 saturated carbocycles. The summed E-state index contributed by atoms with van der Waals surface area (Å²) in [6, 6.07) is 16.7. The maximum Gasteiger partial charge on any atom is 0.203 e. The molecule has 3 nitrogen and oxygen atoms in total. The van der Waals surface area contributed by atoms with Gasteiger partial charge < -0.3 is 10.2 Å². The van der Waals surface area contributed by atoms with Crippen molar-refractivity contribution in [2.24, 2.45) is 4.99 Å². The molecule has 1 heterocycles. The normalized spacial score (nSPS) is 15.2. The number of anilines is 1. The number of guanidine groups is 1. The molecule has 1 aliphatic rings. The Morgan fingerprint density at radius 3 is 2.41 bits per heavy atom. The number of nitrogens with zero attached hydrogens (tertiary/aromatic N) is 2. The fraction of sp³-hybridized carbons (Fsp3) is 0.316. The molecule has 22 heavy (non-hydrogen) atoms. The van der Waals surface area contributed by atoms with Gasteiger partial charge in [-0.3, -0.25) is 0 Å². The van der Waals surface area contributed by atoms with Crippen LogP contribution in [0.4, 0.5) is 11.4 Å². The molecule has 2 aromatic carbocycles. The molecule has 0 amide bonds. The molecule has 0 aromatic heterocycles. The van der Waals surface area contributed by atoms with Crippen LogP contribution in [0, 0.1) is 13.8 Å². The summed E-state index contributed by atoms with van der Waals surface area (Å²) in [4.78, 5) is 7.25. The lowest BCUT2D eigenvalue weighted by molar-refractivity contribution is 0.518. The van der Waals surface area contributed by atoms with Gasteiger partial charge in [-0.05, 0) is 50.5 Å². The van der Waals surface area contributed by atoms with Crippen LogP contribution in [0.1, 0.15) is 24.0 Å². The van der Waals surface area contributed by atoms with Gasteiger partial charge in [-0.15, -0.1) is 0 Å². The third kappa shape index (κ3) is 3.48. The lowest BCUT2D eigenvalue weighted by Gasteiger charge is -2.21. The van der Waals surface area contributed by atoms with Gasteiger partial charge >= 0.3 is 0 Å². The maximum atomic E-state index is 4.91. The van der Waals surface area contributed by atoms with Crippen molar-refractivity contribution in [1.82, 2.24) is 4.90 Å². The highest BCUT2D eigenvalue weighted by Gasteiger charge is 2.17. The van der Waals surface area contributed by atoms with Crippen molar-refractivity contribution < 1.29 is 0 Å². The van der Waals surface area contributed by atoms with E-state index in [1.54, 1.807) is 0 Å². The molecular weight excluding hydrogens is 270 g/mol. The van der Waals surface area contributed by atoms with E-state index in [1.807, 2.05) is 18.2 Å². The predicted molar refractivity (Wildman–Crippen MR) is 93.9 cm³/mol. The fourth-order valence-electron chi connectivity index (χ4n) is 2.80. The van der Waals surface area contributed by atoms with E-state index in [1.165, 1.54) is 24.0 Å². The first kappa shape index (κ1) is 14.6. The second-order valence-electron chi connectivity index (χ2n) is 5.91. The first-order valence-electron chi connectivity index (χ1n) is 7.95. The van der Waals surface area contributed by atoms with Gasteiger partial charge in [-0.2, -0.15) is 0 Å². The lowest BCUT2D eigenvalue weighted by atomic mass is 10.1. The molecular formula is C19H23N3. The Bertz CT molecular complexity index is 656. The van der Waals surface area contributed by atoms with Crippen molar-refractivity contribution in [3.63, 3.8) is 0 Å². The zero-order valence-corrected chi connectivity index (χ0v) is 13.3. The number of rotatable bonds is 2. The van der Waals surface area contributed by atoms with Gasteiger partial charge in [0.25, 0.3) is 0 Å². The predicted octanol–water partition coefficient (Wildman–Crippen LogP) is 4.50. The number of nitrogens with one attached hydrogen (secondary N) is 1. The molecule has 114 valence electrons. The summed E-state index contributed by atoms with van der Waals surface area (Å²) in [5, 5.41) is 3.49. The van der Waals surface area contributed by atoms with Crippen molar-refractivity contribution in [3.05, 3.63) is 59.7 Å². The maximum absolute atomic E-state index is 4.91. The Balaban J connectivity index is 1.91. The molecule has 0 bridgehead atoms. The van der Waals surface area contributed by atoms with Crippen LogP contribution in [-0.2, 0) is 0 Å². The van der Waals surface area contributed by atoms with Crippen molar-refractivity contribution in [2.75, 3.05) is 18.4 Å². The molecule has 0 unspecified atom stereocenters. The van der Waals surface area contributed by atoms with Gasteiger partial charge in [0.1, 0.15) is 0 Å². The number of para-hydroxylation sites is 1. The summed E-state index contributed by atoms with van der Waals surface area (Å²) in [5.74, 6) is 0.954. The summed E-state index contributed by atoms with van der Waals surface area (Å²) in [5.41, 5.74) is 4.61. The third-order valence-electron chi connectivity index (χ3n) is 4.01. The van der Waals surface area contributed by atoms with E-state index >= 15 is 0 Å². The summed E-state index contributed by atoms with van der Waals surface area (Å²) >= 11 is 0. The van der Waals surface area contributed by atoms with E-state index in [0.717, 1.165) is 30.4 Å². The van der Waals surface area contributed by atoms with Crippen molar-refractivity contribution in [2.45, 2.75) is 26.7 Å². The van der Waals surface area contributed by atoms with Crippen LogP contribution in [0.25, 0.3) is 0 Å². The van der Waals surface area contributed by atoms with Crippen LogP contribution in [-0.4, -0.2) is 23.9 Å². The molecule has 1 saturated heterocycles. The molecule has 2 aromatic rings. The van der Waals surface area contributed by atoms with E-state index < -0.39 is 0 Å². The van der Waals surface area contributed by atoms with Gasteiger partial charge in [-0.1, -0.05) is 35.9 Å². The minimum absolute atomic E-state index is 0.954. The Kier molecular flexibility index (Phi) is 4.42. The average Bonchev–Trinajstić information content (AvgIpc) is 3.04. The monoisotopic (exact) mass is 293 g/mol. The number of hydrogen-bond donors (Lipinski definition) is 1. The zero-order valence-electron chi connectivity index (χ0n) is 13.3. The molecule has 0 radical (unpaired) electrons. The highest BCUT2D eigenvalue weighted by Crippen LogP contribution is 2.22. The van der Waals surface area contributed by atoms with E-state index in [4.69, 9.17) is 4.99 Å². The molecule has 0 atom stereocenters. The van der Waals surface area contributed by atoms with Crippen molar-refractivity contribution in [3.8, 4) is 0 Å². The molecule has 1 fully saturated rings. The molecule has 1 aliphatic heterocycles. The van der Waals surface area contributed by atoms with Crippen molar-refractivity contribution >= 4 is 17.3 Å². The minimum atomic E-state index is 0.954. The van der Waals surface area contributed by atoms with Crippen molar-refractivity contribution in [1.29, 1.82) is 0 Å². The second kappa shape index (κ2) is 6.65. The Morgan fingerprint density at radius 1 is 1.00 bits per heavy atom. The van der Waals surface area contributed by atoms with Gasteiger partial charge in [0, 0.05) is 18.8 Å². The number of hydrogen-bond acceptors (Lipinski definition) is 1. The van der Waals surface area contributed by atoms with E-state index in [9.17, 15) is 0 Å². The fourth-order valence-corrected chi connectivity index (χ4v) is 2.80. The highest BCUT2D eigenvalue weighted by molar-refractivity contribution is 5.95. The lowest BCUT2D eigenvalue weighted by Crippen LogP contribution is -2.33. The number of likely N-dealkylation sites (tertiary alicyclic amines) is 1. The summed E-state index contributed by atoms with van der Waals surface area (Å²) < 4.78 is 0. The topological polar surface area (TPSA) is 27.6 Å². The third-order valence-corrected chi connectivity index (χ3v) is 4.01. The summed E-state index contributed by atoms with van der Waals surface area (Å²) in [6.45, 7) is 6.38. The standard InChI is InChI=1S/C19H23N3/c1-15-10-11-18(16(2)14-15)21-19(22-12-6-7-13-22)20-17-8-4-3-5-9-17/h3-5,8-11,14H,6-7,12-13H2,1-2H3,(H,20,21). The van der Waals surface area contributed by atoms with Gasteiger partial charge in [0.05, 0.1) is 5.69 Å².